The second-order valence-corrected chi connectivity index (χ2v) is 15.2. The molecule has 0 radical (unpaired) electrons. The summed E-state index contributed by atoms with van der Waals surface area (Å²) < 4.78 is 2.47. The molecule has 4 aliphatic rings. The highest BCUT2D eigenvalue weighted by molar-refractivity contribution is 6.12. The molecule has 55 heavy (non-hydrogen) atoms. The van der Waals surface area contributed by atoms with E-state index in [1.165, 1.54) is 55.2 Å². The van der Waals surface area contributed by atoms with Crippen molar-refractivity contribution in [3.05, 3.63) is 210 Å². The van der Waals surface area contributed by atoms with Crippen LogP contribution in [0, 0.1) is 0 Å². The predicted octanol–water partition coefficient (Wildman–Crippen LogP) is 13.7. The average Bonchev–Trinajstić information content (AvgIpc) is 3.85. The minimum absolute atomic E-state index is 0.274. The van der Waals surface area contributed by atoms with E-state index in [0.717, 1.165) is 65.0 Å². The summed E-state index contributed by atoms with van der Waals surface area (Å²) in [5.74, 6) is 0. The zero-order valence-electron chi connectivity index (χ0n) is 31.0. The molecule has 262 valence electrons. The average molecular weight is 705 g/mol. The highest BCUT2D eigenvalue weighted by Gasteiger charge is 2.53. The van der Waals surface area contributed by atoms with Crippen LogP contribution in [0.1, 0.15) is 49.4 Å². The third-order valence-corrected chi connectivity index (χ3v) is 12.5. The maximum atomic E-state index is 5.06. The maximum absolute atomic E-state index is 5.06. The number of fused-ring (bicyclic) bond motifs is 11. The number of para-hydroxylation sites is 1. The van der Waals surface area contributed by atoms with Gasteiger partial charge in [-0.15, -0.1) is 0 Å². The van der Waals surface area contributed by atoms with E-state index in [1.54, 1.807) is 11.1 Å². The van der Waals surface area contributed by atoms with Gasteiger partial charge in [-0.25, -0.2) is 4.98 Å². The lowest BCUT2D eigenvalue weighted by Gasteiger charge is -2.34. The summed E-state index contributed by atoms with van der Waals surface area (Å²) in [6, 6.07) is 47.1. The summed E-state index contributed by atoms with van der Waals surface area (Å²) in [4.78, 5) is 5.06. The molecule has 5 aromatic carbocycles. The Balaban J connectivity index is 1.11. The first-order chi connectivity index (χ1) is 27.2. The van der Waals surface area contributed by atoms with Crippen LogP contribution in [0.25, 0.3) is 66.6 Å². The number of hydrogen-bond acceptors (Lipinski definition) is 1. The summed E-state index contributed by atoms with van der Waals surface area (Å²) in [6.07, 6.45) is 18.2. The van der Waals surface area contributed by atoms with Crippen molar-refractivity contribution in [1.29, 1.82) is 0 Å². The van der Waals surface area contributed by atoms with Crippen LogP contribution in [0.5, 0.6) is 0 Å². The van der Waals surface area contributed by atoms with E-state index >= 15 is 0 Å². The fraction of sp³-hybridized carbons (Fsp3) is 0.113. The standard InChI is InChI=1S/C53H40N2/c1-3-34(4-2)49-30-37(31-50(54-49)36-16-6-5-7-17-36)35-26-28-38(29-27-35)55-51-25-15-11-21-42(51)44-32-48-43(33-52(44)55)41-20-10-14-24-47(41)53(48)45-22-12-8-18-39(45)40-19-9-13-23-46(40)53/h3-7,10-17,20-33H,1,8-9,18-19H2,2H3/b34-4+. The third-order valence-electron chi connectivity index (χ3n) is 12.5. The molecule has 2 nitrogen and oxygen atoms in total. The highest BCUT2D eigenvalue weighted by atomic mass is 15.0. The van der Waals surface area contributed by atoms with E-state index in [9.17, 15) is 0 Å². The fourth-order valence-corrected chi connectivity index (χ4v) is 10.2. The van der Waals surface area contributed by atoms with Crippen LogP contribution in [-0.4, -0.2) is 9.55 Å². The molecule has 4 aliphatic carbocycles. The lowest BCUT2D eigenvalue weighted by atomic mass is 9.67. The molecule has 11 rings (SSSR count). The quantitative estimate of drug-likeness (QED) is 0.163. The normalized spacial score (nSPS) is 16.6. The minimum Gasteiger partial charge on any atom is -0.309 e. The topological polar surface area (TPSA) is 17.8 Å². The molecule has 0 atom stereocenters. The molecule has 2 aromatic heterocycles. The van der Waals surface area contributed by atoms with Crippen molar-refractivity contribution in [2.75, 3.05) is 0 Å². The summed E-state index contributed by atoms with van der Waals surface area (Å²) in [7, 11) is 0. The largest absolute Gasteiger partial charge is 0.309 e. The van der Waals surface area contributed by atoms with Gasteiger partial charge in [-0.3, -0.25) is 0 Å². The minimum atomic E-state index is -0.274. The molecule has 0 fully saturated rings. The molecule has 7 aromatic rings. The SMILES string of the molecule is C=C/C(=C\C)c1cc(-c2ccc(-n3c4ccccc4c4cc5c(cc43)-c3ccccc3C53C4=C(CCC=C4)C4=C3C=CCC4)cc2)cc(-c2ccccc2)n1. The molecule has 0 bridgehead atoms. The second kappa shape index (κ2) is 12.3. The van der Waals surface area contributed by atoms with E-state index in [2.05, 4.69) is 163 Å². The van der Waals surface area contributed by atoms with Crippen LogP contribution >= 0.6 is 0 Å². The Labute approximate surface area is 322 Å². The maximum Gasteiger partial charge on any atom is 0.0719 e. The van der Waals surface area contributed by atoms with Crippen molar-refractivity contribution in [3.63, 3.8) is 0 Å². The highest BCUT2D eigenvalue weighted by Crippen LogP contribution is 2.64. The predicted molar refractivity (Wildman–Crippen MR) is 230 cm³/mol. The van der Waals surface area contributed by atoms with Gasteiger partial charge < -0.3 is 4.57 Å². The van der Waals surface area contributed by atoms with Crippen LogP contribution in [0.15, 0.2) is 193 Å². The summed E-state index contributed by atoms with van der Waals surface area (Å²) >= 11 is 0. The smallest absolute Gasteiger partial charge is 0.0719 e. The lowest BCUT2D eigenvalue weighted by Crippen LogP contribution is -2.28. The molecule has 0 saturated heterocycles. The zero-order chi connectivity index (χ0) is 36.7. The summed E-state index contributed by atoms with van der Waals surface area (Å²) in [6.45, 7) is 6.11. The molecule has 2 heteroatoms. The molecule has 0 saturated carbocycles. The van der Waals surface area contributed by atoms with E-state index < -0.39 is 0 Å². The molecular formula is C53H40N2. The van der Waals surface area contributed by atoms with Crippen LogP contribution in [-0.2, 0) is 5.41 Å². The monoisotopic (exact) mass is 704 g/mol. The van der Waals surface area contributed by atoms with Gasteiger partial charge in [0.1, 0.15) is 0 Å². The van der Waals surface area contributed by atoms with Gasteiger partial charge in [0.05, 0.1) is 27.8 Å². The number of allylic oxidation sites excluding steroid dienone is 11. The first kappa shape index (κ1) is 32.0. The van der Waals surface area contributed by atoms with Gasteiger partial charge in [0.15, 0.2) is 0 Å². The van der Waals surface area contributed by atoms with Gasteiger partial charge in [0.25, 0.3) is 0 Å². The number of aromatic nitrogens is 2. The van der Waals surface area contributed by atoms with Gasteiger partial charge in [-0.1, -0.05) is 128 Å². The molecule has 2 heterocycles. The van der Waals surface area contributed by atoms with Crippen molar-refractivity contribution in [3.8, 4) is 39.2 Å². The van der Waals surface area contributed by atoms with E-state index in [4.69, 9.17) is 4.98 Å². The van der Waals surface area contributed by atoms with Crippen LogP contribution in [0.4, 0.5) is 0 Å². The van der Waals surface area contributed by atoms with Crippen LogP contribution in [0.3, 0.4) is 0 Å². The number of nitrogens with zero attached hydrogens (tertiary/aromatic N) is 2. The molecule has 1 spiro atoms. The second-order valence-electron chi connectivity index (χ2n) is 15.2. The Bertz CT molecular complexity index is 2880. The number of benzene rings is 5. The first-order valence-corrected chi connectivity index (χ1v) is 19.6. The summed E-state index contributed by atoms with van der Waals surface area (Å²) in [5, 5.41) is 2.58. The fourth-order valence-electron chi connectivity index (χ4n) is 10.2. The molecule has 0 unspecified atom stereocenters. The third kappa shape index (κ3) is 4.52. The van der Waals surface area contributed by atoms with Gasteiger partial charge in [0, 0.05) is 22.0 Å². The molecule has 0 aliphatic heterocycles. The van der Waals surface area contributed by atoms with Gasteiger partial charge in [0.2, 0.25) is 0 Å². The van der Waals surface area contributed by atoms with Crippen molar-refractivity contribution in [2.24, 2.45) is 0 Å². The van der Waals surface area contributed by atoms with Crippen LogP contribution < -0.4 is 0 Å². The Morgan fingerprint density at radius 3 is 2.09 bits per heavy atom. The zero-order valence-corrected chi connectivity index (χ0v) is 31.0. The molecule has 0 amide bonds. The number of hydrogen-bond donors (Lipinski definition) is 0. The summed E-state index contributed by atoms with van der Waals surface area (Å²) in [5.41, 5.74) is 21.4. The Kier molecular flexibility index (Phi) is 7.13. The van der Waals surface area contributed by atoms with E-state index in [0.29, 0.717) is 0 Å². The van der Waals surface area contributed by atoms with Gasteiger partial charge in [-0.05, 0) is 136 Å². The lowest BCUT2D eigenvalue weighted by molar-refractivity contribution is 0.763. The Morgan fingerprint density at radius 2 is 1.35 bits per heavy atom. The molecular weight excluding hydrogens is 665 g/mol. The van der Waals surface area contributed by atoms with E-state index in [1.807, 2.05) is 19.1 Å². The number of rotatable bonds is 5. The van der Waals surface area contributed by atoms with Gasteiger partial charge in [-0.2, -0.15) is 0 Å². The van der Waals surface area contributed by atoms with Crippen molar-refractivity contribution < 1.29 is 0 Å². The van der Waals surface area contributed by atoms with Crippen molar-refractivity contribution in [1.82, 2.24) is 9.55 Å². The molecule has 0 N–H and O–H groups in total. The van der Waals surface area contributed by atoms with Crippen molar-refractivity contribution >= 4 is 27.4 Å². The van der Waals surface area contributed by atoms with Crippen LogP contribution in [0.2, 0.25) is 0 Å². The van der Waals surface area contributed by atoms with E-state index in [-0.39, 0.29) is 5.41 Å². The first-order valence-electron chi connectivity index (χ1n) is 19.6. The Hall–Kier alpha value is -6.51. The Morgan fingerprint density at radius 1 is 0.636 bits per heavy atom. The van der Waals surface area contributed by atoms with Gasteiger partial charge >= 0.3 is 0 Å². The number of pyridine rings is 1. The van der Waals surface area contributed by atoms with Crippen molar-refractivity contribution in [2.45, 2.75) is 38.0 Å².